The molecule has 1 unspecified atom stereocenters. The van der Waals surface area contributed by atoms with Gasteiger partial charge < -0.3 is 10.1 Å². The van der Waals surface area contributed by atoms with Gasteiger partial charge in [-0.25, -0.2) is 0 Å². The molecule has 2 aromatic carbocycles. The first-order valence-corrected chi connectivity index (χ1v) is 8.76. The lowest BCUT2D eigenvalue weighted by molar-refractivity contribution is 0.242. The highest BCUT2D eigenvalue weighted by atomic mass is 16.5. The van der Waals surface area contributed by atoms with E-state index in [1.807, 2.05) is 0 Å². The molecule has 1 aliphatic rings. The number of nitrogens with one attached hydrogen (secondary N) is 1. The van der Waals surface area contributed by atoms with Crippen LogP contribution in [-0.2, 0) is 19.4 Å². The highest BCUT2D eigenvalue weighted by Gasteiger charge is 2.17. The van der Waals surface area contributed by atoms with Gasteiger partial charge in [0, 0.05) is 12.6 Å². The van der Waals surface area contributed by atoms with Gasteiger partial charge in [0.05, 0.1) is 6.10 Å². The monoisotopic (exact) mass is 309 g/mol. The first kappa shape index (κ1) is 16.1. The van der Waals surface area contributed by atoms with Gasteiger partial charge in [-0.2, -0.15) is 0 Å². The predicted molar refractivity (Wildman–Crippen MR) is 95.9 cm³/mol. The zero-order valence-corrected chi connectivity index (χ0v) is 14.2. The Labute approximate surface area is 139 Å². The largest absolute Gasteiger partial charge is 0.491 e. The second kappa shape index (κ2) is 7.65. The Morgan fingerprint density at radius 3 is 2.70 bits per heavy atom. The predicted octanol–water partition coefficient (Wildman–Crippen LogP) is 4.51. The zero-order chi connectivity index (χ0) is 16.1. The summed E-state index contributed by atoms with van der Waals surface area (Å²) in [6, 6.07) is 17.8. The van der Waals surface area contributed by atoms with E-state index in [0.717, 1.165) is 18.7 Å². The quantitative estimate of drug-likeness (QED) is 0.820. The first-order chi connectivity index (χ1) is 11.2. The van der Waals surface area contributed by atoms with E-state index in [4.69, 9.17) is 4.74 Å². The molecular formula is C21H27NO. The molecule has 0 heterocycles. The fraction of sp³-hybridized carbons (Fsp3) is 0.429. The molecule has 1 atom stereocenters. The van der Waals surface area contributed by atoms with Gasteiger partial charge in [0.1, 0.15) is 5.75 Å². The Bertz CT molecular complexity index is 621. The summed E-state index contributed by atoms with van der Waals surface area (Å²) >= 11 is 0. The molecule has 0 saturated carbocycles. The molecule has 1 aliphatic carbocycles. The van der Waals surface area contributed by atoms with Crippen LogP contribution in [0.2, 0.25) is 0 Å². The number of fused-ring (bicyclic) bond motifs is 1. The third-order valence-electron chi connectivity index (χ3n) is 4.45. The minimum atomic E-state index is 0.228. The van der Waals surface area contributed by atoms with Crippen LogP contribution >= 0.6 is 0 Å². The van der Waals surface area contributed by atoms with E-state index in [2.05, 4.69) is 67.7 Å². The van der Waals surface area contributed by atoms with Crippen LogP contribution in [0.15, 0.2) is 48.5 Å². The highest BCUT2D eigenvalue weighted by Crippen LogP contribution is 2.25. The van der Waals surface area contributed by atoms with Crippen LogP contribution in [-0.4, -0.2) is 12.1 Å². The van der Waals surface area contributed by atoms with Crippen LogP contribution in [0.5, 0.6) is 5.75 Å². The molecule has 0 saturated heterocycles. The summed E-state index contributed by atoms with van der Waals surface area (Å²) < 4.78 is 5.87. The Morgan fingerprint density at radius 2 is 1.91 bits per heavy atom. The van der Waals surface area contributed by atoms with Crippen LogP contribution in [0.3, 0.4) is 0 Å². The maximum absolute atomic E-state index is 5.87. The molecule has 2 heteroatoms. The van der Waals surface area contributed by atoms with Crippen molar-refractivity contribution >= 4 is 0 Å². The summed E-state index contributed by atoms with van der Waals surface area (Å²) in [6.45, 7) is 5.11. The van der Waals surface area contributed by atoms with Crippen LogP contribution in [0, 0.1) is 0 Å². The van der Waals surface area contributed by atoms with E-state index in [-0.39, 0.29) is 6.10 Å². The van der Waals surface area contributed by atoms with E-state index in [1.165, 1.54) is 36.0 Å². The molecule has 0 bridgehead atoms. The Balaban J connectivity index is 1.66. The standard InChI is InChI=1S/C21H27NO/c1-16(2)23-21-12-11-18-9-6-10-20(13-19(18)14-21)22-15-17-7-4-3-5-8-17/h3-5,7-8,11-12,14,16,20,22H,6,9-10,13,15H2,1-2H3. The van der Waals surface area contributed by atoms with E-state index in [9.17, 15) is 0 Å². The minimum Gasteiger partial charge on any atom is -0.491 e. The number of rotatable bonds is 5. The lowest BCUT2D eigenvalue weighted by Gasteiger charge is -2.18. The van der Waals surface area contributed by atoms with Crippen molar-refractivity contribution in [1.29, 1.82) is 0 Å². The second-order valence-electron chi connectivity index (χ2n) is 6.76. The van der Waals surface area contributed by atoms with Crippen molar-refractivity contribution in [2.24, 2.45) is 0 Å². The summed E-state index contributed by atoms with van der Waals surface area (Å²) in [6.07, 6.45) is 5.00. The number of benzene rings is 2. The van der Waals surface area contributed by atoms with Crippen LogP contribution in [0.4, 0.5) is 0 Å². The van der Waals surface area contributed by atoms with E-state index < -0.39 is 0 Å². The molecule has 0 aliphatic heterocycles. The average molecular weight is 309 g/mol. The van der Waals surface area contributed by atoms with Crippen LogP contribution < -0.4 is 10.1 Å². The van der Waals surface area contributed by atoms with Crippen molar-refractivity contribution in [2.75, 3.05) is 0 Å². The van der Waals surface area contributed by atoms with Crippen molar-refractivity contribution in [2.45, 2.75) is 58.2 Å². The summed E-state index contributed by atoms with van der Waals surface area (Å²) in [5.41, 5.74) is 4.30. The van der Waals surface area contributed by atoms with Gasteiger partial charge in [-0.3, -0.25) is 0 Å². The molecule has 2 aromatic rings. The smallest absolute Gasteiger partial charge is 0.119 e. The molecule has 0 amide bonds. The van der Waals surface area contributed by atoms with E-state index in [0.29, 0.717) is 6.04 Å². The van der Waals surface area contributed by atoms with Crippen LogP contribution in [0.25, 0.3) is 0 Å². The van der Waals surface area contributed by atoms with Gasteiger partial charge in [-0.05, 0) is 68.4 Å². The summed E-state index contributed by atoms with van der Waals surface area (Å²) in [7, 11) is 0. The van der Waals surface area contributed by atoms with Gasteiger partial charge in [0.2, 0.25) is 0 Å². The maximum atomic E-state index is 5.87. The molecule has 0 aromatic heterocycles. The Morgan fingerprint density at radius 1 is 1.09 bits per heavy atom. The fourth-order valence-corrected chi connectivity index (χ4v) is 3.32. The van der Waals surface area contributed by atoms with E-state index in [1.54, 1.807) is 0 Å². The number of hydrogen-bond acceptors (Lipinski definition) is 2. The average Bonchev–Trinajstić information content (AvgIpc) is 2.75. The van der Waals surface area contributed by atoms with Gasteiger partial charge in [-0.1, -0.05) is 36.4 Å². The molecule has 2 nitrogen and oxygen atoms in total. The molecule has 122 valence electrons. The molecule has 3 rings (SSSR count). The summed E-state index contributed by atoms with van der Waals surface area (Å²) in [5.74, 6) is 1.00. The van der Waals surface area contributed by atoms with Crippen molar-refractivity contribution in [3.8, 4) is 5.75 Å². The summed E-state index contributed by atoms with van der Waals surface area (Å²) in [4.78, 5) is 0. The van der Waals surface area contributed by atoms with Crippen LogP contribution in [0.1, 0.15) is 43.4 Å². The highest BCUT2D eigenvalue weighted by molar-refractivity contribution is 5.37. The lowest BCUT2D eigenvalue weighted by atomic mass is 10.0. The van der Waals surface area contributed by atoms with Gasteiger partial charge in [0.25, 0.3) is 0 Å². The van der Waals surface area contributed by atoms with E-state index >= 15 is 0 Å². The first-order valence-electron chi connectivity index (χ1n) is 8.76. The van der Waals surface area contributed by atoms with Crippen molar-refractivity contribution < 1.29 is 4.74 Å². The Hall–Kier alpha value is -1.80. The third-order valence-corrected chi connectivity index (χ3v) is 4.45. The molecular weight excluding hydrogens is 282 g/mol. The van der Waals surface area contributed by atoms with Crippen molar-refractivity contribution in [1.82, 2.24) is 5.32 Å². The zero-order valence-electron chi connectivity index (χ0n) is 14.2. The van der Waals surface area contributed by atoms with Crippen molar-refractivity contribution in [3.63, 3.8) is 0 Å². The SMILES string of the molecule is CC(C)Oc1ccc2c(c1)CC(NCc1ccccc1)CCC2. The van der Waals surface area contributed by atoms with Crippen molar-refractivity contribution in [3.05, 3.63) is 65.2 Å². The van der Waals surface area contributed by atoms with Gasteiger partial charge >= 0.3 is 0 Å². The minimum absolute atomic E-state index is 0.228. The maximum Gasteiger partial charge on any atom is 0.119 e. The number of aryl methyl sites for hydroxylation is 1. The number of hydrogen-bond donors (Lipinski definition) is 1. The Kier molecular flexibility index (Phi) is 5.35. The molecule has 0 radical (unpaired) electrons. The normalized spacial score (nSPS) is 17.6. The second-order valence-corrected chi connectivity index (χ2v) is 6.76. The lowest BCUT2D eigenvalue weighted by Crippen LogP contribution is -2.30. The topological polar surface area (TPSA) is 21.3 Å². The molecule has 23 heavy (non-hydrogen) atoms. The van der Waals surface area contributed by atoms with Gasteiger partial charge in [0.15, 0.2) is 0 Å². The molecule has 0 spiro atoms. The third kappa shape index (κ3) is 4.59. The molecule has 1 N–H and O–H groups in total. The van der Waals surface area contributed by atoms with Gasteiger partial charge in [-0.15, -0.1) is 0 Å². The molecule has 0 fully saturated rings. The fourth-order valence-electron chi connectivity index (χ4n) is 3.32. The number of ether oxygens (including phenoxy) is 1. The summed E-state index contributed by atoms with van der Waals surface area (Å²) in [5, 5.41) is 3.74.